The number of methoxy groups -OCH3 is 1. The summed E-state index contributed by atoms with van der Waals surface area (Å²) in [5, 5.41) is 0. The Labute approximate surface area is 78.6 Å². The number of rotatable bonds is 3. The van der Waals surface area contributed by atoms with E-state index in [1.165, 1.54) is 7.11 Å². The smallest absolute Gasteiger partial charge is 0.305 e. The molecule has 0 radical (unpaired) electrons. The maximum Gasteiger partial charge on any atom is 0.305 e. The normalized spacial score (nSPS) is 15.5. The lowest BCUT2D eigenvalue weighted by atomic mass is 10.00. The lowest BCUT2D eigenvalue weighted by molar-refractivity contribution is -0.140. The van der Waals surface area contributed by atoms with Gasteiger partial charge in [0.2, 0.25) is 0 Å². The highest BCUT2D eigenvalue weighted by Crippen LogP contribution is 2.17. The van der Waals surface area contributed by atoms with E-state index in [0.717, 1.165) is 24.0 Å². The van der Waals surface area contributed by atoms with Gasteiger partial charge in [-0.2, -0.15) is 0 Å². The standard InChI is InChI=1S/C11H14O2/c1-9-4-3-5-10(8-9)6-7-11(12)13-2/h3,5,8H,1,4,6-7H2,2H3. The molecule has 0 saturated carbocycles. The van der Waals surface area contributed by atoms with Crippen molar-refractivity contribution in [2.24, 2.45) is 0 Å². The fourth-order valence-electron chi connectivity index (χ4n) is 1.23. The first-order chi connectivity index (χ1) is 6.22. The summed E-state index contributed by atoms with van der Waals surface area (Å²) in [7, 11) is 1.41. The van der Waals surface area contributed by atoms with Crippen LogP contribution in [-0.2, 0) is 9.53 Å². The van der Waals surface area contributed by atoms with Gasteiger partial charge in [0.1, 0.15) is 0 Å². The van der Waals surface area contributed by atoms with Crippen molar-refractivity contribution >= 4 is 5.97 Å². The molecule has 0 aromatic heterocycles. The molecule has 0 amide bonds. The van der Waals surface area contributed by atoms with Crippen LogP contribution < -0.4 is 0 Å². The van der Waals surface area contributed by atoms with E-state index in [0.29, 0.717) is 6.42 Å². The molecule has 13 heavy (non-hydrogen) atoms. The van der Waals surface area contributed by atoms with E-state index in [2.05, 4.69) is 17.4 Å². The van der Waals surface area contributed by atoms with Crippen LogP contribution in [0.4, 0.5) is 0 Å². The third-order valence-corrected chi connectivity index (χ3v) is 1.95. The number of allylic oxidation sites excluding steroid dienone is 5. The number of hydrogen-bond donors (Lipinski definition) is 0. The minimum atomic E-state index is -0.162. The Morgan fingerprint density at radius 1 is 1.69 bits per heavy atom. The van der Waals surface area contributed by atoms with Crippen molar-refractivity contribution in [2.45, 2.75) is 19.3 Å². The molecule has 0 heterocycles. The highest BCUT2D eigenvalue weighted by atomic mass is 16.5. The second-order valence-electron chi connectivity index (χ2n) is 3.06. The topological polar surface area (TPSA) is 26.3 Å². The second kappa shape index (κ2) is 4.65. The van der Waals surface area contributed by atoms with Gasteiger partial charge in [-0.05, 0) is 18.4 Å². The SMILES string of the molecule is C=C1C=C(CCC(=O)OC)C=CC1. The van der Waals surface area contributed by atoms with Crippen LogP contribution in [0.5, 0.6) is 0 Å². The molecule has 2 nitrogen and oxygen atoms in total. The van der Waals surface area contributed by atoms with Gasteiger partial charge in [-0.15, -0.1) is 0 Å². The molecule has 0 saturated heterocycles. The van der Waals surface area contributed by atoms with Gasteiger partial charge >= 0.3 is 5.97 Å². The Morgan fingerprint density at radius 3 is 3.08 bits per heavy atom. The molecule has 0 aliphatic heterocycles. The molecule has 70 valence electrons. The molecule has 0 bridgehead atoms. The van der Waals surface area contributed by atoms with Crippen LogP contribution in [0.3, 0.4) is 0 Å². The van der Waals surface area contributed by atoms with Crippen molar-refractivity contribution in [3.8, 4) is 0 Å². The van der Waals surface area contributed by atoms with Gasteiger partial charge in [0, 0.05) is 6.42 Å². The highest BCUT2D eigenvalue weighted by molar-refractivity contribution is 5.69. The minimum Gasteiger partial charge on any atom is -0.469 e. The zero-order valence-corrected chi connectivity index (χ0v) is 7.88. The van der Waals surface area contributed by atoms with Crippen LogP contribution >= 0.6 is 0 Å². The summed E-state index contributed by atoms with van der Waals surface area (Å²) >= 11 is 0. The molecule has 1 rings (SSSR count). The Bertz CT molecular complexity index is 272. The quantitative estimate of drug-likeness (QED) is 0.620. The molecular weight excluding hydrogens is 164 g/mol. The fourth-order valence-corrected chi connectivity index (χ4v) is 1.23. The fraction of sp³-hybridized carbons (Fsp3) is 0.364. The number of carbonyl (C=O) groups excluding carboxylic acids is 1. The van der Waals surface area contributed by atoms with Crippen LogP contribution in [0.1, 0.15) is 19.3 Å². The molecule has 0 unspecified atom stereocenters. The van der Waals surface area contributed by atoms with Gasteiger partial charge in [-0.3, -0.25) is 4.79 Å². The van der Waals surface area contributed by atoms with E-state index in [4.69, 9.17) is 0 Å². The Morgan fingerprint density at radius 2 is 2.46 bits per heavy atom. The summed E-state index contributed by atoms with van der Waals surface area (Å²) in [6.45, 7) is 3.87. The minimum absolute atomic E-state index is 0.162. The molecule has 1 aliphatic carbocycles. The Kier molecular flexibility index (Phi) is 3.50. The zero-order valence-electron chi connectivity index (χ0n) is 7.88. The second-order valence-corrected chi connectivity index (χ2v) is 3.06. The average molecular weight is 178 g/mol. The summed E-state index contributed by atoms with van der Waals surface area (Å²) in [6.07, 6.45) is 8.24. The van der Waals surface area contributed by atoms with Gasteiger partial charge in [0.25, 0.3) is 0 Å². The van der Waals surface area contributed by atoms with Gasteiger partial charge in [0.05, 0.1) is 7.11 Å². The first-order valence-corrected chi connectivity index (χ1v) is 4.34. The van der Waals surface area contributed by atoms with E-state index in [1.807, 2.05) is 12.2 Å². The van der Waals surface area contributed by atoms with Crippen LogP contribution in [0.15, 0.2) is 36.0 Å². The number of hydrogen-bond acceptors (Lipinski definition) is 2. The van der Waals surface area contributed by atoms with Crippen molar-refractivity contribution in [1.82, 2.24) is 0 Å². The number of ether oxygens (including phenoxy) is 1. The molecule has 0 fully saturated rings. The van der Waals surface area contributed by atoms with E-state index < -0.39 is 0 Å². The van der Waals surface area contributed by atoms with Crippen LogP contribution in [0, 0.1) is 0 Å². The maximum atomic E-state index is 10.8. The number of esters is 1. The Balaban J connectivity index is 2.41. The van der Waals surface area contributed by atoms with E-state index in [-0.39, 0.29) is 5.97 Å². The first-order valence-electron chi connectivity index (χ1n) is 4.34. The molecule has 0 N–H and O–H groups in total. The van der Waals surface area contributed by atoms with E-state index in [9.17, 15) is 4.79 Å². The van der Waals surface area contributed by atoms with E-state index >= 15 is 0 Å². The predicted molar refractivity (Wildman–Crippen MR) is 52.2 cm³/mol. The number of carbonyl (C=O) groups is 1. The van der Waals surface area contributed by atoms with Gasteiger partial charge in [-0.25, -0.2) is 0 Å². The van der Waals surface area contributed by atoms with Gasteiger partial charge < -0.3 is 4.74 Å². The van der Waals surface area contributed by atoms with Crippen molar-refractivity contribution in [1.29, 1.82) is 0 Å². The highest BCUT2D eigenvalue weighted by Gasteiger charge is 2.04. The molecule has 1 aliphatic rings. The molecule has 0 aromatic rings. The molecular formula is C11H14O2. The lowest BCUT2D eigenvalue weighted by Gasteiger charge is -2.07. The Hall–Kier alpha value is -1.31. The summed E-state index contributed by atoms with van der Waals surface area (Å²) in [4.78, 5) is 10.8. The van der Waals surface area contributed by atoms with E-state index in [1.54, 1.807) is 0 Å². The molecule has 0 spiro atoms. The zero-order chi connectivity index (χ0) is 9.68. The third-order valence-electron chi connectivity index (χ3n) is 1.95. The first kappa shape index (κ1) is 9.78. The van der Waals surface area contributed by atoms with Crippen LogP contribution in [-0.4, -0.2) is 13.1 Å². The van der Waals surface area contributed by atoms with Crippen LogP contribution in [0.25, 0.3) is 0 Å². The van der Waals surface area contributed by atoms with Gasteiger partial charge in [0.15, 0.2) is 0 Å². The van der Waals surface area contributed by atoms with Crippen molar-refractivity contribution in [3.05, 3.63) is 36.0 Å². The van der Waals surface area contributed by atoms with Crippen LogP contribution in [0.2, 0.25) is 0 Å². The largest absolute Gasteiger partial charge is 0.469 e. The summed E-state index contributed by atoms with van der Waals surface area (Å²) < 4.78 is 4.56. The van der Waals surface area contributed by atoms with Crippen molar-refractivity contribution < 1.29 is 9.53 Å². The maximum absolute atomic E-state index is 10.8. The lowest BCUT2D eigenvalue weighted by Crippen LogP contribution is -2.00. The predicted octanol–water partition coefficient (Wildman–Crippen LogP) is 2.38. The van der Waals surface area contributed by atoms with Gasteiger partial charge in [-0.1, -0.05) is 30.4 Å². The third kappa shape index (κ3) is 3.28. The van der Waals surface area contributed by atoms with Crippen molar-refractivity contribution in [2.75, 3.05) is 7.11 Å². The average Bonchev–Trinajstić information content (AvgIpc) is 2.14. The molecule has 0 aromatic carbocycles. The summed E-state index contributed by atoms with van der Waals surface area (Å²) in [6, 6.07) is 0. The monoisotopic (exact) mass is 178 g/mol. The molecule has 2 heteroatoms. The summed E-state index contributed by atoms with van der Waals surface area (Å²) in [5.74, 6) is -0.162. The summed E-state index contributed by atoms with van der Waals surface area (Å²) in [5.41, 5.74) is 2.25. The van der Waals surface area contributed by atoms with Crippen molar-refractivity contribution in [3.63, 3.8) is 0 Å². The molecule has 0 atom stereocenters.